The minimum Gasteiger partial charge on any atom is -0.361 e. The van der Waals surface area contributed by atoms with Gasteiger partial charge in [0.1, 0.15) is 0 Å². The normalized spacial score (nSPS) is 10.6. The van der Waals surface area contributed by atoms with Crippen LogP contribution in [0, 0.1) is 0 Å². The second-order valence-electron chi connectivity index (χ2n) is 4.84. The molecule has 1 amide bonds. The third kappa shape index (κ3) is 2.88. The van der Waals surface area contributed by atoms with E-state index in [0.29, 0.717) is 13.0 Å². The van der Waals surface area contributed by atoms with Gasteiger partial charge in [0.15, 0.2) is 0 Å². The zero-order chi connectivity index (χ0) is 13.8. The van der Waals surface area contributed by atoms with Crippen LogP contribution in [0.15, 0.2) is 60.8 Å². The van der Waals surface area contributed by atoms with Gasteiger partial charge < -0.3 is 10.3 Å². The van der Waals surface area contributed by atoms with Crippen molar-refractivity contribution in [1.82, 2.24) is 10.3 Å². The first-order valence-electron chi connectivity index (χ1n) is 6.68. The SMILES string of the molecule is O=C(Cc1ccc2[nH]ccc2c1)NCc1ccccc1. The van der Waals surface area contributed by atoms with Crippen molar-refractivity contribution in [2.75, 3.05) is 0 Å². The lowest BCUT2D eigenvalue weighted by molar-refractivity contribution is -0.120. The van der Waals surface area contributed by atoms with E-state index in [4.69, 9.17) is 0 Å². The molecule has 0 unspecified atom stereocenters. The molecule has 3 heteroatoms. The summed E-state index contributed by atoms with van der Waals surface area (Å²) in [5, 5.41) is 4.08. The summed E-state index contributed by atoms with van der Waals surface area (Å²) >= 11 is 0. The lowest BCUT2D eigenvalue weighted by Crippen LogP contribution is -2.24. The molecule has 1 aromatic heterocycles. The van der Waals surface area contributed by atoms with Crippen LogP contribution >= 0.6 is 0 Å². The number of H-pyrrole nitrogens is 1. The van der Waals surface area contributed by atoms with Crippen molar-refractivity contribution in [3.05, 3.63) is 71.9 Å². The first kappa shape index (κ1) is 12.5. The maximum absolute atomic E-state index is 11.9. The molecule has 100 valence electrons. The molecule has 3 nitrogen and oxygen atoms in total. The molecule has 2 N–H and O–H groups in total. The highest BCUT2D eigenvalue weighted by Gasteiger charge is 2.04. The molecule has 3 aromatic rings. The number of nitrogens with one attached hydrogen (secondary N) is 2. The summed E-state index contributed by atoms with van der Waals surface area (Å²) in [5.41, 5.74) is 3.24. The van der Waals surface area contributed by atoms with E-state index in [-0.39, 0.29) is 5.91 Å². The molecule has 0 radical (unpaired) electrons. The lowest BCUT2D eigenvalue weighted by Gasteiger charge is -2.05. The van der Waals surface area contributed by atoms with Crippen LogP contribution < -0.4 is 5.32 Å². The number of carbonyl (C=O) groups excluding carboxylic acids is 1. The average Bonchev–Trinajstić information content (AvgIpc) is 2.94. The van der Waals surface area contributed by atoms with Crippen molar-refractivity contribution in [3.63, 3.8) is 0 Å². The predicted octanol–water partition coefficient (Wildman–Crippen LogP) is 3.03. The molecule has 0 aliphatic rings. The van der Waals surface area contributed by atoms with Crippen LogP contribution in [0.3, 0.4) is 0 Å². The Labute approximate surface area is 117 Å². The molecule has 0 fully saturated rings. The average molecular weight is 264 g/mol. The monoisotopic (exact) mass is 264 g/mol. The van der Waals surface area contributed by atoms with Crippen molar-refractivity contribution >= 4 is 16.8 Å². The first-order valence-corrected chi connectivity index (χ1v) is 6.68. The van der Waals surface area contributed by atoms with Gasteiger partial charge in [-0.05, 0) is 34.7 Å². The third-order valence-electron chi connectivity index (χ3n) is 3.31. The minimum atomic E-state index is 0.0451. The van der Waals surface area contributed by atoms with Crippen LogP contribution in [0.25, 0.3) is 10.9 Å². The Balaban J connectivity index is 1.61. The van der Waals surface area contributed by atoms with Gasteiger partial charge in [0.2, 0.25) is 5.91 Å². The topological polar surface area (TPSA) is 44.9 Å². The third-order valence-corrected chi connectivity index (χ3v) is 3.31. The second-order valence-corrected chi connectivity index (χ2v) is 4.84. The summed E-state index contributed by atoms with van der Waals surface area (Å²) in [4.78, 5) is 15.1. The number of aromatic amines is 1. The highest BCUT2D eigenvalue weighted by Crippen LogP contribution is 2.14. The lowest BCUT2D eigenvalue weighted by atomic mass is 10.1. The van der Waals surface area contributed by atoms with E-state index in [1.807, 2.05) is 60.8 Å². The predicted molar refractivity (Wildman–Crippen MR) is 80.3 cm³/mol. The van der Waals surface area contributed by atoms with E-state index in [1.54, 1.807) is 0 Å². The van der Waals surface area contributed by atoms with Gasteiger partial charge in [-0.25, -0.2) is 0 Å². The molecule has 0 saturated carbocycles. The van der Waals surface area contributed by atoms with Gasteiger partial charge >= 0.3 is 0 Å². The van der Waals surface area contributed by atoms with Gasteiger partial charge in [0.25, 0.3) is 0 Å². The van der Waals surface area contributed by atoms with Gasteiger partial charge in [0.05, 0.1) is 6.42 Å². The Hall–Kier alpha value is -2.55. The van der Waals surface area contributed by atoms with E-state index < -0.39 is 0 Å². The summed E-state index contributed by atoms with van der Waals surface area (Å²) in [6.45, 7) is 0.575. The maximum Gasteiger partial charge on any atom is 0.224 e. The molecule has 1 heterocycles. The van der Waals surface area contributed by atoms with E-state index >= 15 is 0 Å². The van der Waals surface area contributed by atoms with Crippen molar-refractivity contribution in [2.45, 2.75) is 13.0 Å². The number of amides is 1. The Morgan fingerprint density at radius 2 is 1.85 bits per heavy atom. The molecular weight excluding hydrogens is 248 g/mol. The summed E-state index contributed by atoms with van der Waals surface area (Å²) in [6.07, 6.45) is 2.32. The Kier molecular flexibility index (Phi) is 3.50. The van der Waals surface area contributed by atoms with Crippen LogP contribution in [0.4, 0.5) is 0 Å². The Bertz CT molecular complexity index is 716. The fourth-order valence-electron chi connectivity index (χ4n) is 2.26. The maximum atomic E-state index is 11.9. The number of benzene rings is 2. The molecule has 0 saturated heterocycles. The van der Waals surface area contributed by atoms with E-state index in [0.717, 1.165) is 22.0 Å². The summed E-state index contributed by atoms with van der Waals surface area (Å²) in [6, 6.07) is 18.0. The molecule has 0 aliphatic heterocycles. The van der Waals surface area contributed by atoms with Gasteiger partial charge in [-0.15, -0.1) is 0 Å². The Morgan fingerprint density at radius 3 is 2.70 bits per heavy atom. The zero-order valence-electron chi connectivity index (χ0n) is 11.1. The second kappa shape index (κ2) is 5.61. The Morgan fingerprint density at radius 1 is 1.00 bits per heavy atom. The van der Waals surface area contributed by atoms with Gasteiger partial charge in [-0.2, -0.15) is 0 Å². The largest absolute Gasteiger partial charge is 0.361 e. The van der Waals surface area contributed by atoms with Crippen LogP contribution in [0.2, 0.25) is 0 Å². The zero-order valence-corrected chi connectivity index (χ0v) is 11.1. The number of aromatic nitrogens is 1. The van der Waals surface area contributed by atoms with Gasteiger partial charge in [-0.1, -0.05) is 36.4 Å². The van der Waals surface area contributed by atoms with E-state index in [9.17, 15) is 4.79 Å². The molecule has 0 atom stereocenters. The molecule has 3 rings (SSSR count). The molecule has 20 heavy (non-hydrogen) atoms. The standard InChI is InChI=1S/C17H16N2O/c20-17(19-12-13-4-2-1-3-5-13)11-14-6-7-16-15(10-14)8-9-18-16/h1-10,18H,11-12H2,(H,19,20). The molecule has 0 aliphatic carbocycles. The minimum absolute atomic E-state index is 0.0451. The van der Waals surface area contributed by atoms with Gasteiger partial charge in [-0.3, -0.25) is 4.79 Å². The highest BCUT2D eigenvalue weighted by atomic mass is 16.1. The van der Waals surface area contributed by atoms with Crippen LogP contribution in [-0.4, -0.2) is 10.9 Å². The summed E-state index contributed by atoms with van der Waals surface area (Å²) in [5.74, 6) is 0.0451. The number of rotatable bonds is 4. The fourth-order valence-corrected chi connectivity index (χ4v) is 2.26. The highest BCUT2D eigenvalue weighted by molar-refractivity contribution is 5.83. The molecule has 0 bridgehead atoms. The number of carbonyl (C=O) groups is 1. The van der Waals surface area contributed by atoms with Gasteiger partial charge in [0, 0.05) is 18.3 Å². The van der Waals surface area contributed by atoms with Crippen LogP contribution in [-0.2, 0) is 17.8 Å². The van der Waals surface area contributed by atoms with Crippen molar-refractivity contribution < 1.29 is 4.79 Å². The van der Waals surface area contributed by atoms with Crippen LogP contribution in [0.1, 0.15) is 11.1 Å². The van der Waals surface area contributed by atoms with Crippen LogP contribution in [0.5, 0.6) is 0 Å². The molecular formula is C17H16N2O. The number of fused-ring (bicyclic) bond motifs is 1. The molecule has 2 aromatic carbocycles. The smallest absolute Gasteiger partial charge is 0.224 e. The van der Waals surface area contributed by atoms with Crippen molar-refractivity contribution in [1.29, 1.82) is 0 Å². The molecule has 0 spiro atoms. The van der Waals surface area contributed by atoms with E-state index in [2.05, 4.69) is 10.3 Å². The first-order chi connectivity index (χ1) is 9.81. The fraction of sp³-hybridized carbons (Fsp3) is 0.118. The number of hydrogen-bond acceptors (Lipinski definition) is 1. The van der Waals surface area contributed by atoms with Crippen molar-refractivity contribution in [2.24, 2.45) is 0 Å². The number of hydrogen-bond donors (Lipinski definition) is 2. The summed E-state index contributed by atoms with van der Waals surface area (Å²) < 4.78 is 0. The summed E-state index contributed by atoms with van der Waals surface area (Å²) in [7, 11) is 0. The van der Waals surface area contributed by atoms with Crippen molar-refractivity contribution in [3.8, 4) is 0 Å². The quantitative estimate of drug-likeness (QED) is 0.747. The van der Waals surface area contributed by atoms with E-state index in [1.165, 1.54) is 0 Å².